The summed E-state index contributed by atoms with van der Waals surface area (Å²) in [6.45, 7) is 7.91. The number of esters is 1. The quantitative estimate of drug-likeness (QED) is 0.529. The average molecular weight is 453 g/mol. The van der Waals surface area contributed by atoms with E-state index in [0.717, 1.165) is 25.7 Å². The van der Waals surface area contributed by atoms with Gasteiger partial charge in [0.25, 0.3) is 0 Å². The van der Waals surface area contributed by atoms with Crippen molar-refractivity contribution in [3.8, 4) is 0 Å². The van der Waals surface area contributed by atoms with Crippen LogP contribution in [-0.2, 0) is 14.3 Å². The highest BCUT2D eigenvalue weighted by atomic mass is 19.1. The fourth-order valence-electron chi connectivity index (χ4n) is 4.86. The minimum atomic E-state index is -0.576. The molecular weight excluding hydrogens is 419 g/mol. The number of hydrogen-bond acceptors (Lipinski definition) is 5. The Hall–Kier alpha value is -2.76. The smallest absolute Gasteiger partial charge is 0.317 e. The lowest BCUT2D eigenvalue weighted by Crippen LogP contribution is -2.37. The second-order valence-electron chi connectivity index (χ2n) is 10.5. The van der Waals surface area contributed by atoms with Gasteiger partial charge in [-0.1, -0.05) is 45.9 Å². The lowest BCUT2D eigenvalue weighted by atomic mass is 9.80. The molecule has 1 saturated carbocycles. The Morgan fingerprint density at radius 2 is 1.88 bits per heavy atom. The van der Waals surface area contributed by atoms with E-state index >= 15 is 0 Å². The summed E-state index contributed by atoms with van der Waals surface area (Å²) in [4.78, 5) is 25.5. The molecule has 0 aromatic heterocycles. The van der Waals surface area contributed by atoms with E-state index < -0.39 is 5.92 Å². The number of methoxy groups -OCH3 is 1. The van der Waals surface area contributed by atoms with Gasteiger partial charge >= 0.3 is 5.97 Å². The molecule has 3 atom stereocenters. The lowest BCUT2D eigenvalue weighted by molar-refractivity contribution is -0.143. The summed E-state index contributed by atoms with van der Waals surface area (Å²) in [6, 6.07) is 5.80. The van der Waals surface area contributed by atoms with E-state index in [1.54, 1.807) is 12.1 Å². The monoisotopic (exact) mass is 452 g/mol. The molecule has 1 fully saturated rings. The van der Waals surface area contributed by atoms with Gasteiger partial charge in [0.2, 0.25) is 0 Å². The van der Waals surface area contributed by atoms with Gasteiger partial charge in [0.15, 0.2) is 0 Å². The molecule has 2 aliphatic heterocycles. The number of rotatable bonds is 7. The largest absolute Gasteiger partial charge is 0.468 e. The minimum absolute atomic E-state index is 0.0243. The maximum absolute atomic E-state index is 13.5. The number of fused-ring (bicyclic) bond motifs is 1. The number of hydrogen-bond donors (Lipinski definition) is 0. The highest BCUT2D eigenvalue weighted by Gasteiger charge is 2.45. The fourth-order valence-corrected chi connectivity index (χ4v) is 4.86. The number of benzene rings is 1. The summed E-state index contributed by atoms with van der Waals surface area (Å²) < 4.78 is 18.6. The van der Waals surface area contributed by atoms with Crippen molar-refractivity contribution in [3.63, 3.8) is 0 Å². The second-order valence-corrected chi connectivity index (χ2v) is 10.5. The SMILES string of the molecule is COC(=O)C1C(c2ccc(F)cc2)=NN2C=C(CCC(C)C(=O)C(C)(C)C)C(C3CC3)=CC12. The molecular formula is C27H33FN2O3. The van der Waals surface area contributed by atoms with Crippen LogP contribution in [0.25, 0.3) is 0 Å². The Balaban J connectivity index is 1.63. The van der Waals surface area contributed by atoms with E-state index in [9.17, 15) is 14.0 Å². The van der Waals surface area contributed by atoms with Crippen LogP contribution in [0.5, 0.6) is 0 Å². The van der Waals surface area contributed by atoms with Gasteiger partial charge in [-0.3, -0.25) is 14.6 Å². The number of ketones is 1. The predicted molar refractivity (Wildman–Crippen MR) is 126 cm³/mol. The Morgan fingerprint density at radius 1 is 1.21 bits per heavy atom. The molecule has 0 saturated heterocycles. The number of halogens is 1. The number of allylic oxidation sites excluding steroid dienone is 2. The minimum Gasteiger partial charge on any atom is -0.468 e. The van der Waals surface area contributed by atoms with Crippen molar-refractivity contribution in [2.45, 2.75) is 59.4 Å². The molecule has 176 valence electrons. The van der Waals surface area contributed by atoms with Crippen molar-refractivity contribution < 1.29 is 18.7 Å². The van der Waals surface area contributed by atoms with Crippen LogP contribution >= 0.6 is 0 Å². The molecule has 0 bridgehead atoms. The lowest BCUT2D eigenvalue weighted by Gasteiger charge is -2.30. The zero-order chi connectivity index (χ0) is 23.9. The number of carbonyl (C=O) groups is 2. The first-order chi connectivity index (χ1) is 15.6. The van der Waals surface area contributed by atoms with Crippen molar-refractivity contribution in [2.75, 3.05) is 7.11 Å². The Labute approximate surface area is 195 Å². The third-order valence-corrected chi connectivity index (χ3v) is 6.82. The van der Waals surface area contributed by atoms with Crippen molar-refractivity contribution in [1.82, 2.24) is 5.01 Å². The predicted octanol–water partition coefficient (Wildman–Crippen LogP) is 5.27. The van der Waals surface area contributed by atoms with Crippen LogP contribution in [0.3, 0.4) is 0 Å². The van der Waals surface area contributed by atoms with Gasteiger partial charge in [0.1, 0.15) is 17.5 Å². The molecule has 0 spiro atoms. The molecule has 6 heteroatoms. The Morgan fingerprint density at radius 3 is 2.45 bits per heavy atom. The highest BCUT2D eigenvalue weighted by molar-refractivity contribution is 6.13. The molecule has 4 rings (SSSR count). The van der Waals surface area contributed by atoms with E-state index in [0.29, 0.717) is 17.2 Å². The first kappa shape index (κ1) is 23.4. The third kappa shape index (κ3) is 4.80. The summed E-state index contributed by atoms with van der Waals surface area (Å²) in [5.41, 5.74) is 3.41. The molecule has 3 aliphatic rings. The molecule has 3 unspecified atom stereocenters. The third-order valence-electron chi connectivity index (χ3n) is 6.82. The van der Waals surface area contributed by atoms with Crippen LogP contribution in [0.1, 0.15) is 58.9 Å². The summed E-state index contributed by atoms with van der Waals surface area (Å²) in [5, 5.41) is 6.61. The number of nitrogens with zero attached hydrogens (tertiary/aromatic N) is 2. The molecule has 33 heavy (non-hydrogen) atoms. The molecule has 0 amide bonds. The molecule has 1 aromatic carbocycles. The van der Waals surface area contributed by atoms with Crippen molar-refractivity contribution in [1.29, 1.82) is 0 Å². The first-order valence-corrected chi connectivity index (χ1v) is 11.8. The van der Waals surface area contributed by atoms with Gasteiger partial charge in [-0.2, -0.15) is 5.10 Å². The first-order valence-electron chi connectivity index (χ1n) is 11.8. The van der Waals surface area contributed by atoms with Crippen LogP contribution in [-0.4, -0.2) is 35.6 Å². The summed E-state index contributed by atoms with van der Waals surface area (Å²) >= 11 is 0. The van der Waals surface area contributed by atoms with Crippen LogP contribution in [0, 0.1) is 29.0 Å². The fraction of sp³-hybridized carbons (Fsp3) is 0.519. The van der Waals surface area contributed by atoms with Crippen molar-refractivity contribution in [2.24, 2.45) is 28.3 Å². The highest BCUT2D eigenvalue weighted by Crippen LogP contribution is 2.46. The van der Waals surface area contributed by atoms with Gasteiger partial charge in [0.05, 0.1) is 18.9 Å². The standard InChI is InChI=1S/C27H33FN2O3/c1-16(25(31)27(2,3)4)6-7-19-15-30-22(14-21(19)17-8-9-17)23(26(32)33-5)24(29-30)18-10-12-20(28)13-11-18/h10-17,22-23H,6-9H2,1-5H3. The van der Waals surface area contributed by atoms with E-state index in [2.05, 4.69) is 6.08 Å². The maximum Gasteiger partial charge on any atom is 0.317 e. The normalized spacial score (nSPS) is 23.3. The zero-order valence-electron chi connectivity index (χ0n) is 20.1. The van der Waals surface area contributed by atoms with Crippen molar-refractivity contribution in [3.05, 3.63) is 59.1 Å². The summed E-state index contributed by atoms with van der Waals surface area (Å²) in [7, 11) is 1.39. The van der Waals surface area contributed by atoms with E-state index in [1.165, 1.54) is 30.4 Å². The van der Waals surface area contributed by atoms with E-state index in [1.807, 2.05) is 38.9 Å². The van der Waals surface area contributed by atoms with Crippen LogP contribution in [0.4, 0.5) is 4.39 Å². The zero-order valence-corrected chi connectivity index (χ0v) is 20.1. The number of hydrazone groups is 1. The van der Waals surface area contributed by atoms with E-state index in [-0.39, 0.29) is 34.9 Å². The molecule has 2 heterocycles. The average Bonchev–Trinajstić information content (AvgIpc) is 3.56. The number of ether oxygens (including phenoxy) is 1. The molecule has 1 aliphatic carbocycles. The Bertz CT molecular complexity index is 1030. The van der Waals surface area contributed by atoms with Crippen molar-refractivity contribution >= 4 is 17.5 Å². The summed E-state index contributed by atoms with van der Waals surface area (Å²) in [6.07, 6.45) is 8.06. The summed E-state index contributed by atoms with van der Waals surface area (Å²) in [5.74, 6) is -0.505. The van der Waals surface area contributed by atoms with Gasteiger partial charge in [-0.05, 0) is 60.4 Å². The Kier molecular flexibility index (Phi) is 6.30. The topological polar surface area (TPSA) is 59.0 Å². The van der Waals surface area contributed by atoms with Gasteiger partial charge in [-0.15, -0.1) is 0 Å². The number of Topliss-reactive ketones (excluding diaryl/α,β-unsaturated/α-hetero) is 1. The second kappa shape index (κ2) is 8.88. The van der Waals surface area contributed by atoms with Crippen LogP contribution < -0.4 is 0 Å². The van der Waals surface area contributed by atoms with Crippen LogP contribution in [0.15, 0.2) is 52.8 Å². The molecule has 0 radical (unpaired) electrons. The van der Waals surface area contributed by atoms with Gasteiger partial charge < -0.3 is 4.74 Å². The van der Waals surface area contributed by atoms with E-state index in [4.69, 9.17) is 9.84 Å². The van der Waals surface area contributed by atoms with Crippen LogP contribution in [0.2, 0.25) is 0 Å². The maximum atomic E-state index is 13.5. The van der Waals surface area contributed by atoms with Gasteiger partial charge in [0, 0.05) is 17.5 Å². The molecule has 0 N–H and O–H groups in total. The van der Waals surface area contributed by atoms with Gasteiger partial charge in [-0.25, -0.2) is 4.39 Å². The molecule has 5 nitrogen and oxygen atoms in total. The molecule has 1 aromatic rings. The number of carbonyl (C=O) groups excluding carboxylic acids is 2.